The first kappa shape index (κ1) is 19.5. The zero-order valence-corrected chi connectivity index (χ0v) is 14.8. The van der Waals surface area contributed by atoms with Gasteiger partial charge in [0.25, 0.3) is 0 Å². The number of carboxylic acids is 1. The Hall–Kier alpha value is -1.83. The van der Waals surface area contributed by atoms with Gasteiger partial charge in [0.2, 0.25) is 5.91 Å². The molecular weight excluding hydrogens is 326 g/mol. The van der Waals surface area contributed by atoms with Crippen LogP contribution in [-0.2, 0) is 14.3 Å². The first-order valence-corrected chi connectivity index (χ1v) is 9.16. The highest BCUT2D eigenvalue weighted by Gasteiger charge is 2.32. The number of ether oxygens (including phenoxy) is 1. The fourth-order valence-electron chi connectivity index (χ4n) is 3.37. The Morgan fingerprint density at radius 3 is 2.56 bits per heavy atom. The molecule has 0 bridgehead atoms. The van der Waals surface area contributed by atoms with Gasteiger partial charge in [-0.25, -0.2) is 9.59 Å². The van der Waals surface area contributed by atoms with E-state index in [-0.39, 0.29) is 37.0 Å². The maximum absolute atomic E-state index is 12.2. The van der Waals surface area contributed by atoms with Gasteiger partial charge in [0.05, 0.1) is 12.6 Å². The zero-order valence-electron chi connectivity index (χ0n) is 14.8. The Labute approximate surface area is 148 Å². The normalized spacial score (nSPS) is 24.6. The number of rotatable bonds is 6. The second-order valence-electron chi connectivity index (χ2n) is 6.91. The molecule has 1 saturated heterocycles. The van der Waals surface area contributed by atoms with E-state index in [1.165, 1.54) is 11.3 Å². The summed E-state index contributed by atoms with van der Waals surface area (Å²) in [4.78, 5) is 36.6. The average molecular weight is 355 g/mol. The van der Waals surface area contributed by atoms with Crippen molar-refractivity contribution in [1.29, 1.82) is 0 Å². The van der Waals surface area contributed by atoms with Crippen LogP contribution in [-0.4, -0.2) is 65.8 Å². The highest BCUT2D eigenvalue weighted by molar-refractivity contribution is 5.79. The molecule has 1 aliphatic heterocycles. The number of aliphatic carboxylic acids is 1. The molecule has 8 heteroatoms. The average Bonchev–Trinajstić information content (AvgIpc) is 2.58. The highest BCUT2D eigenvalue weighted by Crippen LogP contribution is 2.17. The number of morpholine rings is 1. The van der Waals surface area contributed by atoms with Crippen LogP contribution in [0.5, 0.6) is 0 Å². The second kappa shape index (κ2) is 9.60. The molecule has 1 heterocycles. The fourth-order valence-corrected chi connectivity index (χ4v) is 3.37. The molecule has 2 fully saturated rings. The van der Waals surface area contributed by atoms with Crippen molar-refractivity contribution in [1.82, 2.24) is 15.5 Å². The number of urea groups is 1. The lowest BCUT2D eigenvalue weighted by atomic mass is 9.96. The standard InChI is InChI=1S/C17H29N3O5/c1-12-10-20(11-14(25-12)16(22)23)15(21)8-5-9-18-17(24)19-13-6-3-2-4-7-13/h12-14H,2-11H2,1H3,(H,22,23)(H2,18,19,24)/t12-,14?/m1/s1. The van der Waals surface area contributed by atoms with Crippen LogP contribution in [0.3, 0.4) is 0 Å². The maximum atomic E-state index is 12.2. The molecule has 8 nitrogen and oxygen atoms in total. The zero-order chi connectivity index (χ0) is 18.2. The van der Waals surface area contributed by atoms with E-state index in [0.29, 0.717) is 19.5 Å². The lowest BCUT2D eigenvalue weighted by molar-refractivity contribution is -0.166. The van der Waals surface area contributed by atoms with Crippen LogP contribution in [0.15, 0.2) is 0 Å². The summed E-state index contributed by atoms with van der Waals surface area (Å²) in [6, 6.07) is 0.0865. The number of hydrogen-bond donors (Lipinski definition) is 3. The van der Waals surface area contributed by atoms with Gasteiger partial charge in [-0.1, -0.05) is 19.3 Å². The predicted octanol–water partition coefficient (Wildman–Crippen LogP) is 1.10. The molecule has 3 amide bonds. The Kier molecular flexibility index (Phi) is 7.49. The van der Waals surface area contributed by atoms with Gasteiger partial charge in [0.1, 0.15) is 0 Å². The monoisotopic (exact) mass is 355 g/mol. The summed E-state index contributed by atoms with van der Waals surface area (Å²) < 4.78 is 5.30. The molecule has 3 N–H and O–H groups in total. The van der Waals surface area contributed by atoms with Crippen LogP contribution in [0.4, 0.5) is 4.79 Å². The molecule has 25 heavy (non-hydrogen) atoms. The highest BCUT2D eigenvalue weighted by atomic mass is 16.5. The first-order chi connectivity index (χ1) is 12.0. The Morgan fingerprint density at radius 1 is 1.16 bits per heavy atom. The molecule has 142 valence electrons. The van der Waals surface area contributed by atoms with Gasteiger partial charge in [-0.3, -0.25) is 4.79 Å². The Bertz CT molecular complexity index is 479. The molecule has 0 spiro atoms. The number of amides is 3. The fraction of sp³-hybridized carbons (Fsp3) is 0.824. The van der Waals surface area contributed by atoms with Gasteiger partial charge in [0.15, 0.2) is 6.10 Å². The number of carbonyl (C=O) groups is 3. The van der Waals surface area contributed by atoms with Crippen molar-refractivity contribution in [3.8, 4) is 0 Å². The SMILES string of the molecule is C[C@@H]1CN(C(=O)CCCNC(=O)NC2CCCCC2)CC(C(=O)O)O1. The van der Waals surface area contributed by atoms with Crippen molar-refractivity contribution in [3.63, 3.8) is 0 Å². The van der Waals surface area contributed by atoms with Gasteiger partial charge >= 0.3 is 12.0 Å². The second-order valence-corrected chi connectivity index (χ2v) is 6.91. The van der Waals surface area contributed by atoms with E-state index in [1.54, 1.807) is 6.92 Å². The third-order valence-corrected chi connectivity index (χ3v) is 4.68. The van der Waals surface area contributed by atoms with Crippen molar-refractivity contribution in [2.24, 2.45) is 0 Å². The molecular formula is C17H29N3O5. The molecule has 0 aromatic rings. The summed E-state index contributed by atoms with van der Waals surface area (Å²) in [6.45, 7) is 2.66. The first-order valence-electron chi connectivity index (χ1n) is 9.16. The molecule has 0 aromatic heterocycles. The lowest BCUT2D eigenvalue weighted by Gasteiger charge is -2.35. The minimum atomic E-state index is -1.05. The van der Waals surface area contributed by atoms with E-state index >= 15 is 0 Å². The lowest BCUT2D eigenvalue weighted by Crippen LogP contribution is -2.51. The Morgan fingerprint density at radius 2 is 1.88 bits per heavy atom. The van der Waals surface area contributed by atoms with Crippen LogP contribution in [0.25, 0.3) is 0 Å². The molecule has 0 aromatic carbocycles. The van der Waals surface area contributed by atoms with Crippen LogP contribution >= 0.6 is 0 Å². The van der Waals surface area contributed by atoms with Crippen LogP contribution in [0.1, 0.15) is 51.9 Å². The van der Waals surface area contributed by atoms with Crippen LogP contribution in [0.2, 0.25) is 0 Å². The van der Waals surface area contributed by atoms with E-state index in [2.05, 4.69) is 10.6 Å². The van der Waals surface area contributed by atoms with Gasteiger partial charge in [-0.05, 0) is 26.2 Å². The van der Waals surface area contributed by atoms with Gasteiger partial charge in [-0.2, -0.15) is 0 Å². The molecule has 2 rings (SSSR count). The van der Waals surface area contributed by atoms with E-state index in [9.17, 15) is 14.4 Å². The van der Waals surface area contributed by atoms with Crippen molar-refractivity contribution in [3.05, 3.63) is 0 Å². The molecule has 1 saturated carbocycles. The van der Waals surface area contributed by atoms with E-state index in [0.717, 1.165) is 25.7 Å². The topological polar surface area (TPSA) is 108 Å². The van der Waals surface area contributed by atoms with E-state index in [1.807, 2.05) is 0 Å². The summed E-state index contributed by atoms with van der Waals surface area (Å²) >= 11 is 0. The summed E-state index contributed by atoms with van der Waals surface area (Å²) in [6.07, 6.45) is 5.18. The Balaban J connectivity index is 1.62. The van der Waals surface area contributed by atoms with Crippen molar-refractivity contribution < 1.29 is 24.2 Å². The maximum Gasteiger partial charge on any atom is 0.334 e. The van der Waals surface area contributed by atoms with Gasteiger partial charge in [0, 0.05) is 25.6 Å². The smallest absolute Gasteiger partial charge is 0.334 e. The number of hydrogen-bond acceptors (Lipinski definition) is 4. The van der Waals surface area contributed by atoms with Crippen molar-refractivity contribution >= 4 is 17.9 Å². The number of carbonyl (C=O) groups excluding carboxylic acids is 2. The largest absolute Gasteiger partial charge is 0.479 e. The summed E-state index contributed by atoms with van der Waals surface area (Å²) in [5.41, 5.74) is 0. The van der Waals surface area contributed by atoms with Crippen LogP contribution < -0.4 is 10.6 Å². The summed E-state index contributed by atoms with van der Waals surface area (Å²) in [5, 5.41) is 14.8. The van der Waals surface area contributed by atoms with Crippen LogP contribution in [0, 0.1) is 0 Å². The van der Waals surface area contributed by atoms with Gasteiger partial charge < -0.3 is 25.4 Å². The minimum absolute atomic E-state index is 0.0775. The van der Waals surface area contributed by atoms with Crippen molar-refractivity contribution in [2.75, 3.05) is 19.6 Å². The molecule has 1 unspecified atom stereocenters. The molecule has 1 aliphatic carbocycles. The number of nitrogens with one attached hydrogen (secondary N) is 2. The van der Waals surface area contributed by atoms with Gasteiger partial charge in [-0.15, -0.1) is 0 Å². The quantitative estimate of drug-likeness (QED) is 0.618. The van der Waals surface area contributed by atoms with E-state index in [4.69, 9.17) is 9.84 Å². The van der Waals surface area contributed by atoms with Crippen molar-refractivity contribution in [2.45, 2.75) is 70.1 Å². The third kappa shape index (κ3) is 6.53. The summed E-state index contributed by atoms with van der Waals surface area (Å²) in [5.74, 6) is -1.15. The number of nitrogens with zero attached hydrogens (tertiary/aromatic N) is 1. The number of carboxylic acid groups (broad SMARTS) is 1. The third-order valence-electron chi connectivity index (χ3n) is 4.68. The summed E-state index contributed by atoms with van der Waals surface area (Å²) in [7, 11) is 0. The van der Waals surface area contributed by atoms with E-state index < -0.39 is 12.1 Å². The molecule has 2 aliphatic rings. The molecule has 0 radical (unpaired) electrons. The minimum Gasteiger partial charge on any atom is -0.479 e. The molecule has 2 atom stereocenters. The predicted molar refractivity (Wildman–Crippen MR) is 91.2 cm³/mol.